The van der Waals surface area contributed by atoms with Crippen LogP contribution >= 0.6 is 0 Å². The second kappa shape index (κ2) is 11.5. The zero-order chi connectivity index (χ0) is 10.8. The van der Waals surface area contributed by atoms with Crippen molar-refractivity contribution in [2.75, 3.05) is 19.6 Å². The van der Waals surface area contributed by atoms with Gasteiger partial charge in [0.05, 0.1) is 6.54 Å². The van der Waals surface area contributed by atoms with E-state index in [-0.39, 0.29) is 29.6 Å². The average Bonchev–Trinajstić information content (AvgIpc) is 2.14. The zero-order valence-corrected chi connectivity index (χ0v) is 10.8. The first kappa shape index (κ1) is 16.8. The number of hydrogen-bond acceptors (Lipinski definition) is 4. The first-order chi connectivity index (χ1) is 6.66. The smallest absolute Gasteiger partial charge is 0.859 e. The van der Waals surface area contributed by atoms with Crippen LogP contribution in [0.5, 0.6) is 0 Å². The van der Waals surface area contributed by atoms with Gasteiger partial charge in [-0.3, -0.25) is 4.99 Å². The topological polar surface area (TPSA) is 84.8 Å². The van der Waals surface area contributed by atoms with E-state index in [0.717, 1.165) is 12.2 Å². The molecule has 0 aliphatic carbocycles. The normalized spacial score (nSPS) is 11.1. The molecule has 0 aliphatic heterocycles. The van der Waals surface area contributed by atoms with Gasteiger partial charge in [-0.05, 0) is 12.0 Å². The number of carboxylic acids is 1. The number of rotatable bonds is 7. The molecule has 0 bridgehead atoms. The molecule has 0 saturated heterocycles. The van der Waals surface area contributed by atoms with E-state index < -0.39 is 11.9 Å². The van der Waals surface area contributed by atoms with Crippen LogP contribution in [-0.2, 0) is 4.79 Å². The Morgan fingerprint density at radius 2 is 2.20 bits per heavy atom. The van der Waals surface area contributed by atoms with Crippen molar-refractivity contribution in [2.24, 2.45) is 4.99 Å². The van der Waals surface area contributed by atoms with Crippen molar-refractivity contribution in [1.29, 1.82) is 0 Å². The largest absolute Gasteiger partial charge is 1.00 e. The van der Waals surface area contributed by atoms with Crippen molar-refractivity contribution in [3.05, 3.63) is 24.8 Å². The Bertz CT molecular complexity index is 252. The molecular weight excluding hydrogens is 207 g/mol. The van der Waals surface area contributed by atoms with Gasteiger partial charge in [0.15, 0.2) is 0 Å². The number of carboxylic acid groups (broad SMARTS) is 1. The Morgan fingerprint density at radius 1 is 1.53 bits per heavy atom. The van der Waals surface area contributed by atoms with Gasteiger partial charge in [-0.15, -0.1) is 6.58 Å². The van der Waals surface area contributed by atoms with Crippen molar-refractivity contribution < 1.29 is 44.6 Å². The van der Waals surface area contributed by atoms with Gasteiger partial charge in [-0.1, -0.05) is 6.08 Å². The quantitative estimate of drug-likeness (QED) is 0.115. The van der Waals surface area contributed by atoms with Gasteiger partial charge < -0.3 is 15.5 Å². The van der Waals surface area contributed by atoms with Crippen LogP contribution in [0.3, 0.4) is 0 Å². The molecule has 0 unspecified atom stereocenters. The van der Waals surface area contributed by atoms with Crippen LogP contribution in [0.15, 0.2) is 29.8 Å². The molecule has 0 fully saturated rings. The number of hydrogen-bond donors (Lipinski definition) is 2. The SMILES string of the molecule is C=CCNCCN=C([O-])/C=C/C(=O)O.[Na+]. The molecule has 0 saturated carbocycles. The zero-order valence-electron chi connectivity index (χ0n) is 8.77. The molecule has 15 heavy (non-hydrogen) atoms. The number of carbonyl (C=O) groups is 1. The molecular formula is C9H13N2NaO3. The number of nitrogens with zero attached hydrogens (tertiary/aromatic N) is 1. The fraction of sp³-hybridized carbons (Fsp3) is 0.333. The van der Waals surface area contributed by atoms with E-state index in [0.29, 0.717) is 19.6 Å². The number of nitrogens with one attached hydrogen (secondary N) is 1. The van der Waals surface area contributed by atoms with Gasteiger partial charge >= 0.3 is 35.5 Å². The maximum Gasteiger partial charge on any atom is 1.00 e. The molecule has 0 radical (unpaired) electrons. The second-order valence-corrected chi connectivity index (χ2v) is 2.38. The van der Waals surface area contributed by atoms with Crippen molar-refractivity contribution in [3.8, 4) is 0 Å². The van der Waals surface area contributed by atoms with Crippen LogP contribution < -0.4 is 40.0 Å². The maximum absolute atomic E-state index is 10.8. The van der Waals surface area contributed by atoms with Crippen molar-refractivity contribution in [2.45, 2.75) is 0 Å². The standard InChI is InChI=1S/C9H14N2O3.Na/c1-2-5-10-6-7-11-8(12)3-4-9(13)14;/h2-4,10H,1,5-7H2,(H,11,12)(H,13,14);/q;+1/p-1/b4-3+;. The summed E-state index contributed by atoms with van der Waals surface area (Å²) in [7, 11) is 0. The van der Waals surface area contributed by atoms with E-state index in [1.54, 1.807) is 6.08 Å². The Kier molecular flexibility index (Phi) is 12.8. The van der Waals surface area contributed by atoms with Crippen LogP contribution in [0.25, 0.3) is 0 Å². The van der Waals surface area contributed by atoms with Crippen LogP contribution in [0.2, 0.25) is 0 Å². The van der Waals surface area contributed by atoms with Crippen LogP contribution in [-0.4, -0.2) is 36.6 Å². The third-order valence-corrected chi connectivity index (χ3v) is 1.21. The summed E-state index contributed by atoms with van der Waals surface area (Å²) in [6, 6.07) is 0. The molecule has 0 aromatic heterocycles. The molecule has 0 aliphatic rings. The summed E-state index contributed by atoms with van der Waals surface area (Å²) in [5, 5.41) is 22.0. The second-order valence-electron chi connectivity index (χ2n) is 2.38. The van der Waals surface area contributed by atoms with E-state index in [2.05, 4.69) is 16.9 Å². The molecule has 0 aromatic rings. The summed E-state index contributed by atoms with van der Waals surface area (Å²) in [6.45, 7) is 5.07. The summed E-state index contributed by atoms with van der Waals surface area (Å²) in [5.74, 6) is -1.69. The van der Waals surface area contributed by atoms with Gasteiger partial charge in [0.1, 0.15) is 0 Å². The predicted molar refractivity (Wildman–Crippen MR) is 52.1 cm³/mol. The Morgan fingerprint density at radius 3 is 2.73 bits per heavy atom. The van der Waals surface area contributed by atoms with Crippen LogP contribution in [0.4, 0.5) is 0 Å². The Labute approximate surface area is 111 Å². The fourth-order valence-corrected chi connectivity index (χ4v) is 0.645. The van der Waals surface area contributed by atoms with E-state index >= 15 is 0 Å². The van der Waals surface area contributed by atoms with E-state index in [9.17, 15) is 9.90 Å². The molecule has 78 valence electrons. The van der Waals surface area contributed by atoms with Gasteiger partial charge in [0.2, 0.25) is 0 Å². The molecule has 0 amide bonds. The minimum Gasteiger partial charge on any atom is -0.859 e. The monoisotopic (exact) mass is 220 g/mol. The summed E-state index contributed by atoms with van der Waals surface area (Å²) in [6.07, 6.45) is 3.39. The van der Waals surface area contributed by atoms with Crippen molar-refractivity contribution in [3.63, 3.8) is 0 Å². The summed E-state index contributed by atoms with van der Waals surface area (Å²) in [4.78, 5) is 13.6. The molecule has 0 heterocycles. The minimum atomic E-state index is -1.15. The van der Waals surface area contributed by atoms with Gasteiger partial charge in [0, 0.05) is 19.2 Å². The molecule has 6 heteroatoms. The summed E-state index contributed by atoms with van der Waals surface area (Å²) in [5.41, 5.74) is 0. The molecule has 0 aromatic carbocycles. The fourth-order valence-electron chi connectivity index (χ4n) is 0.645. The van der Waals surface area contributed by atoms with E-state index in [4.69, 9.17) is 5.11 Å². The summed E-state index contributed by atoms with van der Waals surface area (Å²) < 4.78 is 0. The van der Waals surface area contributed by atoms with Crippen LogP contribution in [0, 0.1) is 0 Å². The predicted octanol–water partition coefficient (Wildman–Crippen LogP) is -3.83. The molecule has 2 N–H and O–H groups in total. The van der Waals surface area contributed by atoms with Gasteiger partial charge in [-0.25, -0.2) is 4.79 Å². The average molecular weight is 220 g/mol. The Balaban J connectivity index is 0. The molecule has 0 rings (SSSR count). The first-order valence-corrected chi connectivity index (χ1v) is 4.11. The minimum absolute atomic E-state index is 0. The van der Waals surface area contributed by atoms with Crippen molar-refractivity contribution >= 4 is 11.9 Å². The Hall–Kier alpha value is -0.620. The maximum atomic E-state index is 10.8. The van der Waals surface area contributed by atoms with Gasteiger partial charge in [-0.2, -0.15) is 0 Å². The van der Waals surface area contributed by atoms with Crippen LogP contribution in [0.1, 0.15) is 0 Å². The first-order valence-electron chi connectivity index (χ1n) is 4.11. The van der Waals surface area contributed by atoms with E-state index in [1.807, 2.05) is 0 Å². The number of aliphatic carboxylic acids is 1. The molecule has 5 nitrogen and oxygen atoms in total. The van der Waals surface area contributed by atoms with E-state index in [1.165, 1.54) is 0 Å². The summed E-state index contributed by atoms with van der Waals surface area (Å²) >= 11 is 0. The molecule has 0 atom stereocenters. The third-order valence-electron chi connectivity index (χ3n) is 1.21. The van der Waals surface area contributed by atoms with Gasteiger partial charge in [0.25, 0.3) is 0 Å². The third kappa shape index (κ3) is 13.4. The number of aliphatic imine (C=N–C) groups is 1. The molecule has 0 spiro atoms. The van der Waals surface area contributed by atoms with Crippen molar-refractivity contribution in [1.82, 2.24) is 5.32 Å².